The Bertz CT molecular complexity index is 352. The van der Waals surface area contributed by atoms with E-state index in [1.807, 2.05) is 5.32 Å². The smallest absolute Gasteiger partial charge is 0.422 e. The second-order valence-electron chi connectivity index (χ2n) is 2.44. The van der Waals surface area contributed by atoms with Gasteiger partial charge in [-0.3, -0.25) is 5.32 Å². The minimum absolute atomic E-state index is 0.0969. The number of carbonyl (C=O) groups is 1. The predicted molar refractivity (Wildman–Crippen MR) is 45.7 cm³/mol. The van der Waals surface area contributed by atoms with Crippen LogP contribution in [0.3, 0.4) is 0 Å². The van der Waals surface area contributed by atoms with Crippen molar-refractivity contribution in [2.24, 2.45) is 0 Å². The average Bonchev–Trinajstić information content (AvgIpc) is 2.47. The van der Waals surface area contributed by atoms with Gasteiger partial charge in [0.25, 0.3) is 0 Å². The molecular weight excluding hydrogens is 235 g/mol. The predicted octanol–water partition coefficient (Wildman–Crippen LogP) is 1.96. The monoisotopic (exact) mass is 241 g/mol. The van der Waals surface area contributed by atoms with E-state index in [0.717, 1.165) is 11.3 Å². The fourth-order valence-electron chi connectivity index (χ4n) is 0.618. The van der Waals surface area contributed by atoms with Gasteiger partial charge >= 0.3 is 12.3 Å². The first-order valence-corrected chi connectivity index (χ1v) is 4.49. The summed E-state index contributed by atoms with van der Waals surface area (Å²) in [6.07, 6.45) is -5.74. The molecule has 9 heteroatoms. The van der Waals surface area contributed by atoms with Gasteiger partial charge in [0, 0.05) is 0 Å². The fourth-order valence-corrected chi connectivity index (χ4v) is 1.20. The number of rotatable bonds is 2. The summed E-state index contributed by atoms with van der Waals surface area (Å²) in [5.41, 5.74) is 0. The van der Waals surface area contributed by atoms with E-state index in [4.69, 9.17) is 0 Å². The van der Waals surface area contributed by atoms with Crippen LogP contribution in [0.4, 0.5) is 23.1 Å². The summed E-state index contributed by atoms with van der Waals surface area (Å²) in [4.78, 5) is 10.8. The van der Waals surface area contributed by atoms with Gasteiger partial charge in [-0.1, -0.05) is 11.3 Å². The molecule has 0 aliphatic carbocycles. The van der Waals surface area contributed by atoms with Crippen LogP contribution < -0.4 is 5.32 Å². The van der Waals surface area contributed by atoms with Crippen molar-refractivity contribution in [3.8, 4) is 0 Å². The lowest BCUT2D eigenvalue weighted by Crippen LogP contribution is -2.23. The van der Waals surface area contributed by atoms with Gasteiger partial charge in [-0.2, -0.15) is 13.2 Å². The molecule has 1 rings (SSSR count). The lowest BCUT2D eigenvalue weighted by Gasteiger charge is -2.06. The van der Waals surface area contributed by atoms with Crippen LogP contribution in [-0.2, 0) is 4.74 Å². The number of anilines is 1. The summed E-state index contributed by atoms with van der Waals surface area (Å²) >= 11 is 1.03. The number of ether oxygens (including phenoxy) is 1. The number of amides is 1. The first-order chi connectivity index (χ1) is 6.87. The van der Waals surface area contributed by atoms with Gasteiger partial charge in [-0.15, -0.1) is 10.2 Å². The molecule has 0 aromatic carbocycles. The SMILES string of the molecule is Cc1nnc(NC(=O)OCC(F)(F)F)s1. The average molecular weight is 241 g/mol. The van der Waals surface area contributed by atoms with Crippen LogP contribution >= 0.6 is 11.3 Å². The van der Waals surface area contributed by atoms with Gasteiger partial charge in [-0.25, -0.2) is 4.79 Å². The Morgan fingerprint density at radius 2 is 2.20 bits per heavy atom. The Labute approximate surface area is 86.3 Å². The molecular formula is C6H6F3N3O2S. The maximum Gasteiger partial charge on any atom is 0.422 e. The lowest BCUT2D eigenvalue weighted by molar-refractivity contribution is -0.159. The van der Waals surface area contributed by atoms with Crippen molar-refractivity contribution in [3.63, 3.8) is 0 Å². The van der Waals surface area contributed by atoms with Crippen LogP contribution in [0, 0.1) is 6.92 Å². The molecule has 0 atom stereocenters. The van der Waals surface area contributed by atoms with Crippen LogP contribution in [0.2, 0.25) is 0 Å². The summed E-state index contributed by atoms with van der Waals surface area (Å²) in [7, 11) is 0. The number of halogens is 3. The zero-order valence-corrected chi connectivity index (χ0v) is 8.28. The van der Waals surface area contributed by atoms with Crippen molar-refractivity contribution in [1.29, 1.82) is 0 Å². The molecule has 0 unspecified atom stereocenters. The van der Waals surface area contributed by atoms with Gasteiger partial charge in [-0.05, 0) is 6.92 Å². The number of carbonyl (C=O) groups excluding carboxylic acids is 1. The summed E-state index contributed by atoms with van der Waals surface area (Å²) in [6, 6.07) is 0. The van der Waals surface area contributed by atoms with Crippen LogP contribution in [0.25, 0.3) is 0 Å². The molecule has 0 spiro atoms. The van der Waals surface area contributed by atoms with Crippen LogP contribution in [-0.4, -0.2) is 29.1 Å². The molecule has 0 radical (unpaired) electrons. The van der Waals surface area contributed by atoms with Crippen molar-refractivity contribution in [2.45, 2.75) is 13.1 Å². The third kappa shape index (κ3) is 4.58. The molecule has 0 saturated heterocycles. The van der Waals surface area contributed by atoms with E-state index in [0.29, 0.717) is 5.01 Å². The second kappa shape index (κ2) is 4.43. The number of hydrogen-bond donors (Lipinski definition) is 1. The third-order valence-electron chi connectivity index (χ3n) is 1.10. The molecule has 1 heterocycles. The molecule has 0 bridgehead atoms. The Morgan fingerprint density at radius 1 is 1.53 bits per heavy atom. The van der Waals surface area contributed by atoms with Gasteiger partial charge in [0.15, 0.2) is 6.61 Å². The van der Waals surface area contributed by atoms with Crippen molar-refractivity contribution in [2.75, 3.05) is 11.9 Å². The molecule has 15 heavy (non-hydrogen) atoms. The van der Waals surface area contributed by atoms with Crippen molar-refractivity contribution >= 4 is 22.6 Å². The van der Waals surface area contributed by atoms with Crippen LogP contribution in [0.1, 0.15) is 5.01 Å². The third-order valence-corrected chi connectivity index (χ3v) is 1.86. The standard InChI is InChI=1S/C6H6F3N3O2S/c1-3-11-12-4(15-3)10-5(13)14-2-6(7,8)9/h2H2,1H3,(H,10,12,13). The first kappa shape index (κ1) is 11.7. The molecule has 1 amide bonds. The number of nitrogens with one attached hydrogen (secondary N) is 1. The highest BCUT2D eigenvalue weighted by Gasteiger charge is 2.29. The van der Waals surface area contributed by atoms with E-state index < -0.39 is 18.9 Å². The maximum atomic E-state index is 11.6. The van der Waals surface area contributed by atoms with E-state index in [1.165, 1.54) is 0 Å². The zero-order chi connectivity index (χ0) is 11.5. The Kier molecular flexibility index (Phi) is 3.45. The van der Waals surface area contributed by atoms with Gasteiger partial charge < -0.3 is 4.74 Å². The fraction of sp³-hybridized carbons (Fsp3) is 0.500. The van der Waals surface area contributed by atoms with Gasteiger partial charge in [0.1, 0.15) is 5.01 Å². The Hall–Kier alpha value is -1.38. The van der Waals surface area contributed by atoms with Crippen LogP contribution in [0.5, 0.6) is 0 Å². The molecule has 0 aliphatic rings. The number of nitrogens with zero attached hydrogens (tertiary/aromatic N) is 2. The number of hydrogen-bond acceptors (Lipinski definition) is 5. The van der Waals surface area contributed by atoms with E-state index in [2.05, 4.69) is 14.9 Å². The van der Waals surface area contributed by atoms with E-state index in [9.17, 15) is 18.0 Å². The molecule has 0 saturated carbocycles. The maximum absolute atomic E-state index is 11.6. The van der Waals surface area contributed by atoms with Gasteiger partial charge in [0.05, 0.1) is 0 Å². The quantitative estimate of drug-likeness (QED) is 0.859. The molecule has 1 aromatic rings. The number of aryl methyl sites for hydroxylation is 1. The van der Waals surface area contributed by atoms with E-state index >= 15 is 0 Å². The van der Waals surface area contributed by atoms with Gasteiger partial charge in [0.2, 0.25) is 5.13 Å². The second-order valence-corrected chi connectivity index (χ2v) is 3.62. The number of aromatic nitrogens is 2. The molecule has 1 aromatic heterocycles. The highest BCUT2D eigenvalue weighted by molar-refractivity contribution is 7.15. The van der Waals surface area contributed by atoms with Crippen molar-refractivity contribution in [1.82, 2.24) is 10.2 Å². The Morgan fingerprint density at radius 3 is 2.67 bits per heavy atom. The summed E-state index contributed by atoms with van der Waals surface area (Å²) < 4.78 is 38.8. The van der Waals surface area contributed by atoms with E-state index in [1.54, 1.807) is 6.92 Å². The minimum Gasteiger partial charge on any atom is -0.440 e. The topological polar surface area (TPSA) is 64.1 Å². The molecule has 5 nitrogen and oxygen atoms in total. The molecule has 0 aliphatic heterocycles. The summed E-state index contributed by atoms with van der Waals surface area (Å²) in [5, 5.41) is 9.73. The zero-order valence-electron chi connectivity index (χ0n) is 7.46. The number of alkyl halides is 3. The molecule has 1 N–H and O–H groups in total. The minimum atomic E-state index is -4.53. The highest BCUT2D eigenvalue weighted by atomic mass is 32.1. The first-order valence-electron chi connectivity index (χ1n) is 3.67. The molecule has 84 valence electrons. The normalized spacial score (nSPS) is 11.2. The van der Waals surface area contributed by atoms with Crippen molar-refractivity contribution in [3.05, 3.63) is 5.01 Å². The largest absolute Gasteiger partial charge is 0.440 e. The summed E-state index contributed by atoms with van der Waals surface area (Å²) in [5.74, 6) is 0. The van der Waals surface area contributed by atoms with E-state index in [-0.39, 0.29) is 5.13 Å². The van der Waals surface area contributed by atoms with Crippen LogP contribution in [0.15, 0.2) is 0 Å². The van der Waals surface area contributed by atoms with Crippen molar-refractivity contribution < 1.29 is 22.7 Å². The molecule has 0 fully saturated rings. The lowest BCUT2D eigenvalue weighted by atomic mass is 10.7. The highest BCUT2D eigenvalue weighted by Crippen LogP contribution is 2.16. The summed E-state index contributed by atoms with van der Waals surface area (Å²) in [6.45, 7) is 0.0144. The Balaban J connectivity index is 2.37.